The Morgan fingerprint density at radius 3 is 2.77 bits per heavy atom. The highest BCUT2D eigenvalue weighted by Gasteiger charge is 2.07. The number of hydrogen-bond acceptors (Lipinski definition) is 3. The van der Waals surface area contributed by atoms with E-state index in [0.29, 0.717) is 37.3 Å². The number of aromatic nitrogens is 1. The van der Waals surface area contributed by atoms with Gasteiger partial charge in [0.2, 0.25) is 5.91 Å². The van der Waals surface area contributed by atoms with Crippen LogP contribution in [0.3, 0.4) is 0 Å². The van der Waals surface area contributed by atoms with Crippen LogP contribution in [0.15, 0.2) is 51.9 Å². The molecule has 0 bridgehead atoms. The second-order valence-corrected chi connectivity index (χ2v) is 6.80. The van der Waals surface area contributed by atoms with Crippen LogP contribution >= 0.6 is 0 Å². The molecule has 0 spiro atoms. The van der Waals surface area contributed by atoms with Crippen LogP contribution in [0.25, 0.3) is 10.9 Å². The second-order valence-electron chi connectivity index (χ2n) is 6.80. The van der Waals surface area contributed by atoms with Crippen LogP contribution in [0.4, 0.5) is 0 Å². The predicted molar refractivity (Wildman–Crippen MR) is 102 cm³/mol. The lowest BCUT2D eigenvalue weighted by molar-refractivity contribution is -0.121. The third kappa shape index (κ3) is 4.42. The Labute approximate surface area is 152 Å². The van der Waals surface area contributed by atoms with E-state index in [2.05, 4.69) is 30.2 Å². The maximum absolute atomic E-state index is 12.2. The molecule has 2 heterocycles. The highest BCUT2D eigenvalue weighted by atomic mass is 16.3. The van der Waals surface area contributed by atoms with Gasteiger partial charge in [-0.2, -0.15) is 0 Å². The molecule has 0 fully saturated rings. The zero-order chi connectivity index (χ0) is 18.5. The molecule has 5 nitrogen and oxygen atoms in total. The largest absolute Gasteiger partial charge is 0.469 e. The third-order valence-corrected chi connectivity index (χ3v) is 4.51. The summed E-state index contributed by atoms with van der Waals surface area (Å²) in [7, 11) is 0. The van der Waals surface area contributed by atoms with E-state index in [1.807, 2.05) is 30.3 Å². The first kappa shape index (κ1) is 18.0. The van der Waals surface area contributed by atoms with Crippen LogP contribution < -0.4 is 10.9 Å². The number of rotatable bonds is 7. The van der Waals surface area contributed by atoms with Crippen molar-refractivity contribution in [2.24, 2.45) is 0 Å². The zero-order valence-corrected chi connectivity index (χ0v) is 15.2. The average Bonchev–Trinajstić information content (AvgIpc) is 3.13. The van der Waals surface area contributed by atoms with Crippen molar-refractivity contribution in [2.45, 2.75) is 39.0 Å². The van der Waals surface area contributed by atoms with Crippen molar-refractivity contribution in [2.75, 3.05) is 6.54 Å². The van der Waals surface area contributed by atoms with Gasteiger partial charge in [-0.1, -0.05) is 19.9 Å². The summed E-state index contributed by atoms with van der Waals surface area (Å²) >= 11 is 0. The molecular weight excluding hydrogens is 328 g/mol. The summed E-state index contributed by atoms with van der Waals surface area (Å²) in [5.74, 6) is 1.19. The summed E-state index contributed by atoms with van der Waals surface area (Å²) in [6.45, 7) is 4.73. The van der Waals surface area contributed by atoms with Crippen molar-refractivity contribution < 1.29 is 9.21 Å². The molecule has 0 radical (unpaired) electrons. The first-order chi connectivity index (χ1) is 12.5. The highest BCUT2D eigenvalue weighted by Crippen LogP contribution is 2.20. The van der Waals surface area contributed by atoms with Crippen molar-refractivity contribution in [3.05, 3.63) is 69.9 Å². The van der Waals surface area contributed by atoms with Gasteiger partial charge in [-0.15, -0.1) is 0 Å². The van der Waals surface area contributed by atoms with E-state index in [1.165, 1.54) is 5.56 Å². The second kappa shape index (κ2) is 8.04. The molecule has 0 aliphatic heterocycles. The lowest BCUT2D eigenvalue weighted by atomic mass is 10.0. The summed E-state index contributed by atoms with van der Waals surface area (Å²) in [6, 6.07) is 11.7. The Kier molecular flexibility index (Phi) is 5.56. The van der Waals surface area contributed by atoms with Gasteiger partial charge in [0.1, 0.15) is 5.76 Å². The molecule has 0 atom stereocenters. The van der Waals surface area contributed by atoms with Gasteiger partial charge >= 0.3 is 0 Å². The molecule has 2 N–H and O–H groups in total. The molecule has 0 aliphatic rings. The van der Waals surface area contributed by atoms with Crippen molar-refractivity contribution in [1.82, 2.24) is 10.3 Å². The van der Waals surface area contributed by atoms with E-state index >= 15 is 0 Å². The fourth-order valence-corrected chi connectivity index (χ4v) is 2.93. The number of benzene rings is 1. The van der Waals surface area contributed by atoms with Crippen molar-refractivity contribution in [1.29, 1.82) is 0 Å². The molecule has 3 aromatic rings. The Balaban J connectivity index is 1.60. The summed E-state index contributed by atoms with van der Waals surface area (Å²) in [5.41, 5.74) is 2.66. The topological polar surface area (TPSA) is 75.1 Å². The fourth-order valence-electron chi connectivity index (χ4n) is 2.93. The third-order valence-electron chi connectivity index (χ3n) is 4.51. The standard InChI is InChI=1S/C21H24N2O3/c1-14(2)15-5-7-19-17(12-15)13-16(21(25)23-19)9-10-22-20(24)8-6-18-4-3-11-26-18/h3-5,7,11-14H,6,8-10H2,1-2H3,(H,22,24)(H,23,25). The van der Waals surface area contributed by atoms with Gasteiger partial charge in [0.15, 0.2) is 0 Å². The fraction of sp³-hybridized carbons (Fsp3) is 0.333. The van der Waals surface area contributed by atoms with E-state index in [4.69, 9.17) is 4.42 Å². The Morgan fingerprint density at radius 1 is 1.19 bits per heavy atom. The quantitative estimate of drug-likeness (QED) is 0.683. The lowest BCUT2D eigenvalue weighted by Crippen LogP contribution is -2.27. The molecule has 3 rings (SSSR count). The van der Waals surface area contributed by atoms with E-state index in [9.17, 15) is 9.59 Å². The van der Waals surface area contributed by atoms with E-state index in [-0.39, 0.29) is 11.5 Å². The smallest absolute Gasteiger partial charge is 0.251 e. The van der Waals surface area contributed by atoms with Crippen molar-refractivity contribution in [3.8, 4) is 0 Å². The summed E-state index contributed by atoms with van der Waals surface area (Å²) < 4.78 is 5.22. The molecule has 1 amide bonds. The number of fused-ring (bicyclic) bond motifs is 1. The number of pyridine rings is 1. The first-order valence-corrected chi connectivity index (χ1v) is 8.98. The minimum Gasteiger partial charge on any atom is -0.469 e. The van der Waals surface area contributed by atoms with Gasteiger partial charge in [-0.25, -0.2) is 0 Å². The minimum atomic E-state index is -0.0976. The molecule has 2 aromatic heterocycles. The summed E-state index contributed by atoms with van der Waals surface area (Å²) in [6.07, 6.45) is 3.06. The normalized spacial score (nSPS) is 11.2. The Hall–Kier alpha value is -2.82. The predicted octanol–water partition coefficient (Wildman–Crippen LogP) is 3.54. The van der Waals surface area contributed by atoms with Crippen LogP contribution in [0.2, 0.25) is 0 Å². The Morgan fingerprint density at radius 2 is 2.04 bits per heavy atom. The van der Waals surface area contributed by atoms with Crippen LogP contribution in [0.5, 0.6) is 0 Å². The molecular formula is C21H24N2O3. The number of carbonyl (C=O) groups is 1. The molecule has 1 aromatic carbocycles. The SMILES string of the molecule is CC(C)c1ccc2[nH]c(=O)c(CCNC(=O)CCc3ccco3)cc2c1. The van der Waals surface area contributed by atoms with Crippen LogP contribution in [0, 0.1) is 0 Å². The van der Waals surface area contributed by atoms with E-state index in [0.717, 1.165) is 16.7 Å². The number of H-pyrrole nitrogens is 1. The number of hydrogen-bond donors (Lipinski definition) is 2. The Bertz CT molecular complexity index is 940. The summed E-state index contributed by atoms with van der Waals surface area (Å²) in [4.78, 5) is 27.1. The van der Waals surface area contributed by atoms with Gasteiger partial charge in [-0.05, 0) is 53.6 Å². The molecule has 0 unspecified atom stereocenters. The minimum absolute atomic E-state index is 0.0410. The van der Waals surface area contributed by atoms with Gasteiger partial charge in [0.25, 0.3) is 5.56 Å². The number of furan rings is 1. The number of nitrogens with one attached hydrogen (secondary N) is 2. The molecule has 0 aliphatic carbocycles. The van der Waals surface area contributed by atoms with E-state index in [1.54, 1.807) is 6.26 Å². The van der Waals surface area contributed by atoms with E-state index < -0.39 is 0 Å². The molecule has 136 valence electrons. The van der Waals surface area contributed by atoms with Gasteiger partial charge < -0.3 is 14.7 Å². The maximum Gasteiger partial charge on any atom is 0.251 e. The average molecular weight is 352 g/mol. The zero-order valence-electron chi connectivity index (χ0n) is 15.2. The van der Waals surface area contributed by atoms with Crippen molar-refractivity contribution in [3.63, 3.8) is 0 Å². The maximum atomic E-state index is 12.2. The van der Waals surface area contributed by atoms with Crippen molar-refractivity contribution >= 4 is 16.8 Å². The summed E-state index contributed by atoms with van der Waals surface area (Å²) in [5, 5.41) is 3.89. The monoisotopic (exact) mass is 352 g/mol. The van der Waals surface area contributed by atoms with Gasteiger partial charge in [0, 0.05) is 30.5 Å². The first-order valence-electron chi connectivity index (χ1n) is 8.98. The lowest BCUT2D eigenvalue weighted by Gasteiger charge is -2.09. The van der Waals surface area contributed by atoms with Gasteiger partial charge in [-0.3, -0.25) is 9.59 Å². The van der Waals surface area contributed by atoms with Crippen LogP contribution in [-0.2, 0) is 17.6 Å². The molecule has 5 heteroatoms. The molecule has 0 saturated carbocycles. The molecule has 26 heavy (non-hydrogen) atoms. The number of aromatic amines is 1. The number of aryl methyl sites for hydroxylation is 1. The number of amides is 1. The van der Waals surface area contributed by atoms with Crippen LogP contribution in [-0.4, -0.2) is 17.4 Å². The van der Waals surface area contributed by atoms with Gasteiger partial charge in [0.05, 0.1) is 6.26 Å². The highest BCUT2D eigenvalue weighted by molar-refractivity contribution is 5.80. The number of carbonyl (C=O) groups excluding carboxylic acids is 1. The molecule has 0 saturated heterocycles. The van der Waals surface area contributed by atoms with Crippen LogP contribution in [0.1, 0.15) is 43.1 Å².